The number of aliphatic hydroxyl groups is 1. The lowest BCUT2D eigenvalue weighted by Crippen LogP contribution is -2.58. The molecular weight excluding hydrogens is 246 g/mol. The number of aliphatic hydroxyl groups excluding tert-OH is 1. The summed E-state index contributed by atoms with van der Waals surface area (Å²) >= 11 is 0. The van der Waals surface area contributed by atoms with E-state index in [4.69, 9.17) is 0 Å². The van der Waals surface area contributed by atoms with Crippen molar-refractivity contribution in [2.24, 2.45) is 23.7 Å². The maximum absolute atomic E-state index is 11.2. The van der Waals surface area contributed by atoms with Crippen LogP contribution in [0.5, 0.6) is 0 Å². The lowest BCUT2D eigenvalue weighted by molar-refractivity contribution is -0.0826. The van der Waals surface area contributed by atoms with Gasteiger partial charge in [0.2, 0.25) is 0 Å². The van der Waals surface area contributed by atoms with Gasteiger partial charge >= 0.3 is 0 Å². The highest BCUT2D eigenvalue weighted by atomic mass is 16.3. The Morgan fingerprint density at radius 1 is 0.900 bits per heavy atom. The van der Waals surface area contributed by atoms with E-state index in [1.54, 1.807) is 0 Å². The Kier molecular flexibility index (Phi) is 5.18. The standard InChI is InChI=1S/C18H35NO/c1-13-6-8-18(9-7-13,19(4)5)17(20)16-11-14(2)10-15(3)12-16/h13-17,20H,6-12H2,1-5H3. The summed E-state index contributed by atoms with van der Waals surface area (Å²) < 4.78 is 0. The molecule has 0 aromatic rings. The predicted octanol–water partition coefficient (Wildman–Crippen LogP) is 3.93. The third kappa shape index (κ3) is 3.22. The van der Waals surface area contributed by atoms with Crippen molar-refractivity contribution in [3.05, 3.63) is 0 Å². The van der Waals surface area contributed by atoms with Gasteiger partial charge in [-0.2, -0.15) is 0 Å². The first-order chi connectivity index (χ1) is 9.35. The fourth-order valence-corrected chi connectivity index (χ4v) is 4.98. The second kappa shape index (κ2) is 6.36. The molecule has 2 rings (SSSR count). The molecule has 3 unspecified atom stereocenters. The number of hydrogen-bond donors (Lipinski definition) is 1. The van der Waals surface area contributed by atoms with Crippen molar-refractivity contribution in [3.8, 4) is 0 Å². The molecule has 0 heterocycles. The molecule has 2 aliphatic rings. The zero-order valence-electron chi connectivity index (χ0n) is 14.2. The van der Waals surface area contributed by atoms with Gasteiger partial charge in [-0.15, -0.1) is 0 Å². The Morgan fingerprint density at radius 2 is 1.40 bits per heavy atom. The van der Waals surface area contributed by atoms with E-state index in [2.05, 4.69) is 39.8 Å². The number of rotatable bonds is 3. The molecule has 2 saturated carbocycles. The van der Waals surface area contributed by atoms with Crippen LogP contribution in [0.2, 0.25) is 0 Å². The molecule has 0 aromatic heterocycles. The van der Waals surface area contributed by atoms with Crippen molar-refractivity contribution in [2.75, 3.05) is 14.1 Å². The number of likely N-dealkylation sites (N-methyl/N-ethyl adjacent to an activating group) is 1. The normalized spacial score (nSPS) is 44.5. The number of hydrogen-bond acceptors (Lipinski definition) is 2. The molecule has 0 aromatic carbocycles. The monoisotopic (exact) mass is 281 g/mol. The molecule has 0 bridgehead atoms. The lowest BCUT2D eigenvalue weighted by Gasteiger charge is -2.51. The van der Waals surface area contributed by atoms with Gasteiger partial charge in [0.05, 0.1) is 6.10 Å². The largest absolute Gasteiger partial charge is 0.391 e. The third-order valence-electron chi connectivity index (χ3n) is 6.24. The summed E-state index contributed by atoms with van der Waals surface area (Å²) in [6.45, 7) is 7.08. The van der Waals surface area contributed by atoms with Gasteiger partial charge in [-0.1, -0.05) is 20.8 Å². The molecule has 0 saturated heterocycles. The van der Waals surface area contributed by atoms with Gasteiger partial charge in [-0.05, 0) is 82.7 Å². The van der Waals surface area contributed by atoms with E-state index in [-0.39, 0.29) is 11.6 Å². The molecule has 1 N–H and O–H groups in total. The highest BCUT2D eigenvalue weighted by Gasteiger charge is 2.46. The van der Waals surface area contributed by atoms with Crippen LogP contribution in [0, 0.1) is 23.7 Å². The van der Waals surface area contributed by atoms with Crippen LogP contribution in [0.15, 0.2) is 0 Å². The Balaban J connectivity index is 2.12. The maximum Gasteiger partial charge on any atom is 0.0751 e. The van der Waals surface area contributed by atoms with Gasteiger partial charge in [-0.25, -0.2) is 0 Å². The molecule has 0 spiro atoms. The third-order valence-corrected chi connectivity index (χ3v) is 6.24. The zero-order valence-corrected chi connectivity index (χ0v) is 14.2. The second-order valence-electron chi connectivity index (χ2n) is 8.30. The van der Waals surface area contributed by atoms with Gasteiger partial charge in [0, 0.05) is 5.54 Å². The molecule has 3 atom stereocenters. The van der Waals surface area contributed by atoms with Crippen molar-refractivity contribution in [1.29, 1.82) is 0 Å². The summed E-state index contributed by atoms with van der Waals surface area (Å²) in [5, 5.41) is 11.2. The summed E-state index contributed by atoms with van der Waals surface area (Å²) in [6.07, 6.45) is 8.52. The zero-order chi connectivity index (χ0) is 14.9. The Bertz CT molecular complexity index is 297. The van der Waals surface area contributed by atoms with Gasteiger partial charge in [-0.3, -0.25) is 0 Å². The Hall–Kier alpha value is -0.0800. The first kappa shape index (κ1) is 16.3. The summed E-state index contributed by atoms with van der Waals surface area (Å²) in [6, 6.07) is 0. The molecule has 0 aliphatic heterocycles. The summed E-state index contributed by atoms with van der Waals surface area (Å²) in [4.78, 5) is 2.34. The summed E-state index contributed by atoms with van der Waals surface area (Å²) in [5.74, 6) is 2.89. The van der Waals surface area contributed by atoms with Crippen molar-refractivity contribution < 1.29 is 5.11 Å². The fraction of sp³-hybridized carbons (Fsp3) is 1.00. The SMILES string of the molecule is CC1CCC(C(O)C2CC(C)CC(C)C2)(N(C)C)CC1. The molecule has 0 amide bonds. The van der Waals surface area contributed by atoms with Crippen molar-refractivity contribution >= 4 is 0 Å². The van der Waals surface area contributed by atoms with E-state index in [0.29, 0.717) is 5.92 Å². The fourth-order valence-electron chi connectivity index (χ4n) is 4.98. The Labute approximate surface area is 125 Å². The number of nitrogens with zero attached hydrogens (tertiary/aromatic N) is 1. The van der Waals surface area contributed by atoms with Gasteiger partial charge < -0.3 is 10.0 Å². The maximum atomic E-state index is 11.2. The molecule has 2 heteroatoms. The second-order valence-corrected chi connectivity index (χ2v) is 8.30. The molecule has 20 heavy (non-hydrogen) atoms. The molecule has 2 fully saturated rings. The summed E-state index contributed by atoms with van der Waals surface area (Å²) in [7, 11) is 4.35. The average Bonchev–Trinajstić information content (AvgIpc) is 2.37. The van der Waals surface area contributed by atoms with E-state index >= 15 is 0 Å². The van der Waals surface area contributed by atoms with Crippen molar-refractivity contribution in [3.63, 3.8) is 0 Å². The van der Waals surface area contributed by atoms with Crippen molar-refractivity contribution in [2.45, 2.75) is 77.4 Å². The predicted molar refractivity (Wildman–Crippen MR) is 85.7 cm³/mol. The first-order valence-corrected chi connectivity index (χ1v) is 8.70. The van der Waals surface area contributed by atoms with Crippen LogP contribution in [0.3, 0.4) is 0 Å². The van der Waals surface area contributed by atoms with Crippen molar-refractivity contribution in [1.82, 2.24) is 4.90 Å². The van der Waals surface area contributed by atoms with E-state index in [0.717, 1.165) is 17.8 Å². The van der Waals surface area contributed by atoms with E-state index in [1.165, 1.54) is 44.9 Å². The first-order valence-electron chi connectivity index (χ1n) is 8.70. The topological polar surface area (TPSA) is 23.5 Å². The van der Waals surface area contributed by atoms with Crippen LogP contribution in [-0.4, -0.2) is 35.7 Å². The Morgan fingerprint density at radius 3 is 1.85 bits per heavy atom. The van der Waals surface area contributed by atoms with Crippen LogP contribution in [0.4, 0.5) is 0 Å². The van der Waals surface area contributed by atoms with E-state index in [1.807, 2.05) is 0 Å². The molecule has 118 valence electrons. The van der Waals surface area contributed by atoms with Gasteiger partial charge in [0.15, 0.2) is 0 Å². The summed E-state index contributed by atoms with van der Waals surface area (Å²) in [5.41, 5.74) is 0.0357. The van der Waals surface area contributed by atoms with Crippen LogP contribution in [0.1, 0.15) is 65.7 Å². The van der Waals surface area contributed by atoms with E-state index < -0.39 is 0 Å². The van der Waals surface area contributed by atoms with Crippen LogP contribution < -0.4 is 0 Å². The minimum Gasteiger partial charge on any atom is -0.391 e. The lowest BCUT2D eigenvalue weighted by atomic mass is 9.65. The quantitative estimate of drug-likeness (QED) is 0.847. The van der Waals surface area contributed by atoms with Crippen LogP contribution in [0.25, 0.3) is 0 Å². The molecule has 2 aliphatic carbocycles. The minimum absolute atomic E-state index is 0.0357. The smallest absolute Gasteiger partial charge is 0.0751 e. The van der Waals surface area contributed by atoms with E-state index in [9.17, 15) is 5.11 Å². The highest BCUT2D eigenvalue weighted by Crippen LogP contribution is 2.44. The average molecular weight is 281 g/mol. The minimum atomic E-state index is -0.143. The van der Waals surface area contributed by atoms with Gasteiger partial charge in [0.25, 0.3) is 0 Å². The molecule has 0 radical (unpaired) electrons. The highest BCUT2D eigenvalue weighted by molar-refractivity contribution is 5.01. The van der Waals surface area contributed by atoms with Gasteiger partial charge in [0.1, 0.15) is 0 Å². The molecular formula is C18H35NO. The molecule has 2 nitrogen and oxygen atoms in total. The van der Waals surface area contributed by atoms with Crippen LogP contribution in [-0.2, 0) is 0 Å². The van der Waals surface area contributed by atoms with Crippen LogP contribution >= 0.6 is 0 Å².